The van der Waals surface area contributed by atoms with Crippen LogP contribution in [0.3, 0.4) is 0 Å². The summed E-state index contributed by atoms with van der Waals surface area (Å²) in [5, 5.41) is 9.18. The number of anilines is 1. The molecule has 116 valence electrons. The Morgan fingerprint density at radius 3 is 2.76 bits per heavy atom. The quantitative estimate of drug-likeness (QED) is 0.912. The van der Waals surface area contributed by atoms with E-state index in [9.17, 15) is 22.7 Å². The van der Waals surface area contributed by atoms with E-state index in [4.69, 9.17) is 0 Å². The highest BCUT2D eigenvalue weighted by Crippen LogP contribution is 2.26. The number of carboxylic acid groups (broad SMARTS) is 1. The first-order valence-electron chi connectivity index (χ1n) is 6.58. The fourth-order valence-electron chi connectivity index (χ4n) is 2.39. The van der Waals surface area contributed by atoms with Gasteiger partial charge in [-0.2, -0.15) is 12.7 Å². The van der Waals surface area contributed by atoms with Crippen LogP contribution in [0.1, 0.15) is 19.3 Å². The van der Waals surface area contributed by atoms with Gasteiger partial charge in [0.05, 0.1) is 5.69 Å². The Bertz CT molecular complexity index is 635. The molecule has 1 aromatic carbocycles. The molecule has 0 radical (unpaired) electrons. The minimum Gasteiger partial charge on any atom is -0.480 e. The van der Waals surface area contributed by atoms with Crippen molar-refractivity contribution in [3.05, 3.63) is 30.1 Å². The van der Waals surface area contributed by atoms with Crippen molar-refractivity contribution < 1.29 is 22.7 Å². The van der Waals surface area contributed by atoms with E-state index in [2.05, 4.69) is 0 Å². The maximum atomic E-state index is 13.2. The van der Waals surface area contributed by atoms with Crippen LogP contribution >= 0.6 is 0 Å². The SMILES string of the molecule is CN(c1cccc(F)c1)S(=O)(=O)N1CCCCC1C(=O)O. The molecule has 1 unspecified atom stereocenters. The van der Waals surface area contributed by atoms with Gasteiger partial charge in [0.2, 0.25) is 0 Å². The van der Waals surface area contributed by atoms with Crippen molar-refractivity contribution in [3.8, 4) is 0 Å². The summed E-state index contributed by atoms with van der Waals surface area (Å²) in [5.41, 5.74) is 0.157. The minimum absolute atomic E-state index is 0.152. The van der Waals surface area contributed by atoms with Gasteiger partial charge in [0.1, 0.15) is 11.9 Å². The summed E-state index contributed by atoms with van der Waals surface area (Å²) in [5.74, 6) is -1.71. The third-order valence-electron chi connectivity index (χ3n) is 3.55. The van der Waals surface area contributed by atoms with Crippen molar-refractivity contribution in [1.82, 2.24) is 4.31 Å². The molecule has 0 amide bonds. The van der Waals surface area contributed by atoms with Gasteiger partial charge in [-0.3, -0.25) is 9.10 Å². The number of halogens is 1. The van der Waals surface area contributed by atoms with E-state index >= 15 is 0 Å². The summed E-state index contributed by atoms with van der Waals surface area (Å²) in [6, 6.07) is 4.10. The Hall–Kier alpha value is -1.67. The molecule has 0 saturated carbocycles. The molecule has 21 heavy (non-hydrogen) atoms. The van der Waals surface area contributed by atoms with Crippen molar-refractivity contribution >= 4 is 21.9 Å². The summed E-state index contributed by atoms with van der Waals surface area (Å²) in [7, 11) is -2.72. The van der Waals surface area contributed by atoms with Crippen LogP contribution < -0.4 is 4.31 Å². The summed E-state index contributed by atoms with van der Waals surface area (Å²) < 4.78 is 40.3. The highest BCUT2D eigenvalue weighted by atomic mass is 32.2. The third kappa shape index (κ3) is 3.16. The molecule has 8 heteroatoms. The molecule has 6 nitrogen and oxygen atoms in total. The number of piperidine rings is 1. The van der Waals surface area contributed by atoms with Gasteiger partial charge < -0.3 is 5.11 Å². The maximum absolute atomic E-state index is 13.2. The maximum Gasteiger partial charge on any atom is 0.322 e. The molecule has 0 aliphatic carbocycles. The molecule has 1 saturated heterocycles. The molecule has 1 aromatic rings. The van der Waals surface area contributed by atoms with Gasteiger partial charge in [-0.15, -0.1) is 0 Å². The van der Waals surface area contributed by atoms with Crippen LogP contribution in [0.15, 0.2) is 24.3 Å². The lowest BCUT2D eigenvalue weighted by Crippen LogP contribution is -2.52. The second-order valence-corrected chi connectivity index (χ2v) is 6.83. The van der Waals surface area contributed by atoms with Gasteiger partial charge in [0, 0.05) is 13.6 Å². The first-order valence-corrected chi connectivity index (χ1v) is 7.98. The lowest BCUT2D eigenvalue weighted by molar-refractivity contribution is -0.142. The van der Waals surface area contributed by atoms with Crippen LogP contribution in [-0.2, 0) is 15.0 Å². The molecule has 1 fully saturated rings. The van der Waals surface area contributed by atoms with Gasteiger partial charge in [-0.1, -0.05) is 6.07 Å². The Kier molecular flexibility index (Phi) is 4.48. The summed E-state index contributed by atoms with van der Waals surface area (Å²) >= 11 is 0. The van der Waals surface area contributed by atoms with Gasteiger partial charge in [-0.25, -0.2) is 4.39 Å². The fraction of sp³-hybridized carbons (Fsp3) is 0.462. The smallest absolute Gasteiger partial charge is 0.322 e. The zero-order valence-electron chi connectivity index (χ0n) is 11.6. The van der Waals surface area contributed by atoms with Crippen molar-refractivity contribution in [3.63, 3.8) is 0 Å². The first-order chi connectivity index (χ1) is 9.84. The van der Waals surface area contributed by atoms with Gasteiger partial charge >= 0.3 is 16.2 Å². The van der Waals surface area contributed by atoms with Gasteiger partial charge in [0.15, 0.2) is 0 Å². The second kappa shape index (κ2) is 5.98. The van der Waals surface area contributed by atoms with E-state index < -0.39 is 28.0 Å². The molecule has 1 aliphatic heterocycles. The largest absolute Gasteiger partial charge is 0.480 e. The Balaban J connectivity index is 2.33. The van der Waals surface area contributed by atoms with Crippen molar-refractivity contribution in [2.75, 3.05) is 17.9 Å². The molecular weight excluding hydrogens is 299 g/mol. The van der Waals surface area contributed by atoms with E-state index in [0.717, 1.165) is 14.7 Å². The van der Waals surface area contributed by atoms with Crippen molar-refractivity contribution in [2.45, 2.75) is 25.3 Å². The van der Waals surface area contributed by atoms with Crippen LogP contribution in [0.2, 0.25) is 0 Å². The van der Waals surface area contributed by atoms with Crippen LogP contribution in [0, 0.1) is 5.82 Å². The highest BCUT2D eigenvalue weighted by molar-refractivity contribution is 7.90. The van der Waals surface area contributed by atoms with E-state index in [1.54, 1.807) is 0 Å². The van der Waals surface area contributed by atoms with Crippen LogP contribution in [0.4, 0.5) is 10.1 Å². The van der Waals surface area contributed by atoms with Crippen molar-refractivity contribution in [2.24, 2.45) is 0 Å². The number of benzene rings is 1. The van der Waals surface area contributed by atoms with Gasteiger partial charge in [0.25, 0.3) is 0 Å². The number of hydrogen-bond donors (Lipinski definition) is 1. The molecular formula is C13H17FN2O4S. The highest BCUT2D eigenvalue weighted by Gasteiger charge is 2.39. The number of carboxylic acids is 1. The predicted molar refractivity (Wildman–Crippen MR) is 75.7 cm³/mol. The normalized spacial score (nSPS) is 20.2. The summed E-state index contributed by atoms with van der Waals surface area (Å²) in [6.07, 6.45) is 1.57. The average molecular weight is 316 g/mol. The van der Waals surface area contributed by atoms with E-state index in [0.29, 0.717) is 12.8 Å². The number of aliphatic carboxylic acids is 1. The molecule has 2 rings (SSSR count). The summed E-state index contributed by atoms with van der Waals surface area (Å²) in [6.45, 7) is 0.152. The van der Waals surface area contributed by atoms with E-state index in [1.165, 1.54) is 25.2 Å². The fourth-order valence-corrected chi connectivity index (χ4v) is 3.96. The topological polar surface area (TPSA) is 77.9 Å². The predicted octanol–water partition coefficient (Wildman–Crippen LogP) is 1.45. The summed E-state index contributed by atoms with van der Waals surface area (Å²) in [4.78, 5) is 11.2. The molecule has 1 aliphatic rings. The van der Waals surface area contributed by atoms with Crippen LogP contribution in [0.25, 0.3) is 0 Å². The number of nitrogens with zero attached hydrogens (tertiary/aromatic N) is 2. The molecule has 1 N–H and O–H groups in total. The minimum atomic E-state index is -4.01. The number of hydrogen-bond acceptors (Lipinski definition) is 3. The molecule has 0 aromatic heterocycles. The first kappa shape index (κ1) is 15.7. The van der Waals surface area contributed by atoms with E-state index in [1.807, 2.05) is 0 Å². The van der Waals surface area contributed by atoms with Crippen LogP contribution in [-0.4, -0.2) is 43.4 Å². The molecule has 0 spiro atoms. The zero-order chi connectivity index (χ0) is 15.6. The second-order valence-electron chi connectivity index (χ2n) is 4.92. The lowest BCUT2D eigenvalue weighted by atomic mass is 10.1. The molecule has 0 bridgehead atoms. The monoisotopic (exact) mass is 316 g/mol. The van der Waals surface area contributed by atoms with Gasteiger partial charge in [-0.05, 0) is 37.5 Å². The Morgan fingerprint density at radius 2 is 2.14 bits per heavy atom. The molecule has 1 atom stereocenters. The van der Waals surface area contributed by atoms with E-state index in [-0.39, 0.29) is 18.7 Å². The lowest BCUT2D eigenvalue weighted by Gasteiger charge is -2.35. The Labute approximate surface area is 123 Å². The third-order valence-corrected chi connectivity index (χ3v) is 5.49. The average Bonchev–Trinajstić information content (AvgIpc) is 2.46. The van der Waals surface area contributed by atoms with Crippen molar-refractivity contribution in [1.29, 1.82) is 0 Å². The standard InChI is InChI=1S/C13H17FN2O4S/c1-15(11-6-4-5-10(14)9-11)21(19,20)16-8-3-2-7-12(16)13(17)18/h4-6,9,12H,2-3,7-8H2,1H3,(H,17,18). The Morgan fingerprint density at radius 1 is 1.43 bits per heavy atom. The molecule has 1 heterocycles. The number of carbonyl (C=O) groups is 1. The van der Waals surface area contributed by atoms with Crippen LogP contribution in [0.5, 0.6) is 0 Å². The number of rotatable bonds is 4. The zero-order valence-corrected chi connectivity index (χ0v) is 12.4.